The van der Waals surface area contributed by atoms with E-state index in [4.69, 9.17) is 18.6 Å². The molecule has 0 radical (unpaired) electrons. The Morgan fingerprint density at radius 2 is 2.07 bits per heavy atom. The Labute approximate surface area is 166 Å². The molecule has 1 aromatic heterocycles. The van der Waals surface area contributed by atoms with Crippen LogP contribution in [0.4, 0.5) is 4.79 Å². The largest absolute Gasteiger partial charge is 0.509 e. The van der Waals surface area contributed by atoms with Crippen molar-refractivity contribution in [2.24, 2.45) is 0 Å². The molecule has 152 valence electrons. The minimum atomic E-state index is -1.88. The third-order valence-electron chi connectivity index (χ3n) is 6.03. The van der Waals surface area contributed by atoms with Gasteiger partial charge in [-0.3, -0.25) is 4.68 Å². The number of hydrogen-bond acceptors (Lipinski definition) is 6. The number of ether oxygens (including phenoxy) is 3. The second-order valence-electron chi connectivity index (χ2n) is 9.19. The van der Waals surface area contributed by atoms with Gasteiger partial charge in [-0.15, -0.1) is 0 Å². The molecule has 2 aromatic rings. The Morgan fingerprint density at radius 1 is 1.32 bits per heavy atom. The summed E-state index contributed by atoms with van der Waals surface area (Å²) in [5.74, 6) is 0.715. The van der Waals surface area contributed by atoms with Crippen molar-refractivity contribution in [1.29, 1.82) is 0 Å². The molecule has 2 aliphatic rings. The second-order valence-corrected chi connectivity index (χ2v) is 13.9. The summed E-state index contributed by atoms with van der Waals surface area (Å²) >= 11 is 0. The normalized spacial score (nSPS) is 22.9. The van der Waals surface area contributed by atoms with Crippen molar-refractivity contribution in [2.75, 3.05) is 6.61 Å². The van der Waals surface area contributed by atoms with Crippen LogP contribution >= 0.6 is 0 Å². The molecule has 0 saturated carbocycles. The Morgan fingerprint density at radius 3 is 2.79 bits per heavy atom. The summed E-state index contributed by atoms with van der Waals surface area (Å²) < 4.78 is 25.0. The molecule has 0 spiro atoms. The van der Waals surface area contributed by atoms with Crippen molar-refractivity contribution in [3.8, 4) is 5.75 Å². The topological polar surface area (TPSA) is 71.8 Å². The molecule has 7 nitrogen and oxygen atoms in total. The Balaban J connectivity index is 1.67. The maximum Gasteiger partial charge on any atom is 0.509 e. The lowest BCUT2D eigenvalue weighted by Crippen LogP contribution is -2.44. The van der Waals surface area contributed by atoms with Crippen molar-refractivity contribution in [3.05, 3.63) is 23.9 Å². The van der Waals surface area contributed by atoms with Crippen molar-refractivity contribution < 1.29 is 23.4 Å². The van der Waals surface area contributed by atoms with Crippen LogP contribution in [0.15, 0.2) is 18.3 Å². The van der Waals surface area contributed by atoms with E-state index in [-0.39, 0.29) is 11.1 Å². The zero-order chi connectivity index (χ0) is 20.3. The van der Waals surface area contributed by atoms with Gasteiger partial charge in [-0.2, -0.15) is 5.10 Å². The predicted octanol–water partition coefficient (Wildman–Crippen LogP) is 4.42. The smallest absolute Gasteiger partial charge is 0.489 e. The van der Waals surface area contributed by atoms with E-state index in [0.29, 0.717) is 18.9 Å². The first kappa shape index (κ1) is 19.3. The molecule has 3 heterocycles. The summed E-state index contributed by atoms with van der Waals surface area (Å²) in [5.41, 5.74) is 1.74. The van der Waals surface area contributed by atoms with E-state index in [1.807, 2.05) is 23.0 Å². The molecule has 3 atom stereocenters. The molecule has 0 N–H and O–H groups in total. The van der Waals surface area contributed by atoms with Crippen LogP contribution in [-0.4, -0.2) is 43.1 Å². The molecule has 1 aromatic carbocycles. The van der Waals surface area contributed by atoms with Gasteiger partial charge in [-0.1, -0.05) is 20.8 Å². The molecule has 8 heteroatoms. The molecule has 0 amide bonds. The molecule has 1 fully saturated rings. The van der Waals surface area contributed by atoms with Crippen LogP contribution < -0.4 is 4.74 Å². The van der Waals surface area contributed by atoms with E-state index in [1.165, 1.54) is 0 Å². The standard InChI is InChI=1S/C20H28N2O5Si/c1-12(27-28(5,6)20(2,3)4)10-22-17-13(9-21-22)7-8-14-16(17)18-15(11-24-14)25-19(23)26-18/h7-9,12,15,18H,10-11H2,1-6H3/t12-,15-,18-/m1/s1. The summed E-state index contributed by atoms with van der Waals surface area (Å²) in [7, 11) is -1.88. The fourth-order valence-electron chi connectivity index (χ4n) is 3.62. The van der Waals surface area contributed by atoms with Gasteiger partial charge in [-0.05, 0) is 37.2 Å². The van der Waals surface area contributed by atoms with E-state index in [9.17, 15) is 4.79 Å². The van der Waals surface area contributed by atoms with Crippen LogP contribution in [0, 0.1) is 0 Å². The predicted molar refractivity (Wildman–Crippen MR) is 107 cm³/mol. The third kappa shape index (κ3) is 3.18. The fraction of sp³-hybridized carbons (Fsp3) is 0.600. The summed E-state index contributed by atoms with van der Waals surface area (Å²) in [6.07, 6.45) is 0.296. The van der Waals surface area contributed by atoms with E-state index in [0.717, 1.165) is 16.5 Å². The van der Waals surface area contributed by atoms with Crippen LogP contribution in [0.2, 0.25) is 18.1 Å². The van der Waals surface area contributed by atoms with E-state index < -0.39 is 26.7 Å². The number of aromatic nitrogens is 2. The van der Waals surface area contributed by atoms with Crippen LogP contribution in [0.3, 0.4) is 0 Å². The zero-order valence-corrected chi connectivity index (χ0v) is 18.3. The highest BCUT2D eigenvalue weighted by molar-refractivity contribution is 6.74. The maximum absolute atomic E-state index is 11.7. The number of carbonyl (C=O) groups excluding carboxylic acids is 1. The number of fused-ring (bicyclic) bond motifs is 5. The van der Waals surface area contributed by atoms with E-state index >= 15 is 0 Å². The first-order valence-corrected chi connectivity index (χ1v) is 12.6. The Kier molecular flexibility index (Phi) is 4.46. The second kappa shape index (κ2) is 6.49. The molecule has 28 heavy (non-hydrogen) atoms. The number of nitrogens with zero attached hydrogens (tertiary/aromatic N) is 2. The third-order valence-corrected chi connectivity index (χ3v) is 10.6. The summed E-state index contributed by atoms with van der Waals surface area (Å²) in [6, 6.07) is 3.89. The van der Waals surface area contributed by atoms with Crippen LogP contribution in [0.5, 0.6) is 5.75 Å². The van der Waals surface area contributed by atoms with Crippen LogP contribution in [-0.2, 0) is 20.4 Å². The van der Waals surface area contributed by atoms with Crippen molar-refractivity contribution in [1.82, 2.24) is 9.78 Å². The lowest BCUT2D eigenvalue weighted by atomic mass is 9.98. The Hall–Kier alpha value is -2.06. The van der Waals surface area contributed by atoms with Gasteiger partial charge >= 0.3 is 6.16 Å². The summed E-state index contributed by atoms with van der Waals surface area (Å²) in [6.45, 7) is 14.2. The summed E-state index contributed by atoms with van der Waals surface area (Å²) in [5, 5.41) is 5.70. The van der Waals surface area contributed by atoms with Gasteiger partial charge < -0.3 is 18.6 Å². The molecule has 2 aliphatic heterocycles. The van der Waals surface area contributed by atoms with Gasteiger partial charge in [0.2, 0.25) is 0 Å². The number of rotatable bonds is 4. The van der Waals surface area contributed by atoms with Crippen molar-refractivity contribution in [2.45, 2.75) is 70.7 Å². The lowest BCUT2D eigenvalue weighted by molar-refractivity contribution is 0.0743. The molecular formula is C20H28N2O5Si. The van der Waals surface area contributed by atoms with Gasteiger partial charge in [0.1, 0.15) is 12.4 Å². The molecule has 1 saturated heterocycles. The molecule has 4 rings (SSSR count). The minimum absolute atomic E-state index is 0.00234. The minimum Gasteiger partial charge on any atom is -0.489 e. The highest BCUT2D eigenvalue weighted by atomic mass is 28.4. The highest BCUT2D eigenvalue weighted by Gasteiger charge is 2.45. The summed E-state index contributed by atoms with van der Waals surface area (Å²) in [4.78, 5) is 11.7. The Bertz CT molecular complexity index is 917. The van der Waals surface area contributed by atoms with Gasteiger partial charge in [-0.25, -0.2) is 4.79 Å². The molecule has 0 unspecified atom stereocenters. The van der Waals surface area contributed by atoms with Crippen LogP contribution in [0.1, 0.15) is 39.4 Å². The average Bonchev–Trinajstić information content (AvgIpc) is 3.15. The lowest BCUT2D eigenvalue weighted by Gasteiger charge is -2.38. The molecule has 0 bridgehead atoms. The van der Waals surface area contributed by atoms with Crippen LogP contribution in [0.25, 0.3) is 10.9 Å². The first-order valence-electron chi connectivity index (χ1n) is 9.73. The van der Waals surface area contributed by atoms with Crippen molar-refractivity contribution in [3.63, 3.8) is 0 Å². The monoisotopic (exact) mass is 404 g/mol. The number of carbonyl (C=O) groups is 1. The SMILES string of the molecule is C[C@H](Cn1ncc2ccc3c(c21)[C@@H]1OC(=O)O[C@@H]1CO3)O[Si](C)(C)C(C)(C)C. The van der Waals surface area contributed by atoms with E-state index in [2.05, 4.69) is 45.9 Å². The quantitative estimate of drug-likeness (QED) is 0.555. The van der Waals surface area contributed by atoms with Gasteiger partial charge in [0.05, 0.1) is 29.9 Å². The fourth-order valence-corrected chi connectivity index (χ4v) is 5.05. The van der Waals surface area contributed by atoms with Gasteiger partial charge in [0.15, 0.2) is 20.5 Å². The van der Waals surface area contributed by atoms with Crippen molar-refractivity contribution >= 4 is 25.4 Å². The zero-order valence-electron chi connectivity index (χ0n) is 17.3. The molecular weight excluding hydrogens is 376 g/mol. The van der Waals surface area contributed by atoms with Gasteiger partial charge in [0, 0.05) is 5.39 Å². The average molecular weight is 405 g/mol. The first-order chi connectivity index (χ1) is 13.1. The highest BCUT2D eigenvalue weighted by Crippen LogP contribution is 2.44. The molecule has 0 aliphatic carbocycles. The van der Waals surface area contributed by atoms with Gasteiger partial charge in [0.25, 0.3) is 0 Å². The number of hydrogen-bond donors (Lipinski definition) is 0. The number of benzene rings is 1. The maximum atomic E-state index is 11.7. The van der Waals surface area contributed by atoms with E-state index in [1.54, 1.807) is 0 Å².